The first-order valence-electron chi connectivity index (χ1n) is 8.12. The van der Waals surface area contributed by atoms with Gasteiger partial charge in [0, 0.05) is 17.3 Å². The Morgan fingerprint density at radius 3 is 2.46 bits per heavy atom. The van der Waals surface area contributed by atoms with E-state index >= 15 is 0 Å². The minimum absolute atomic E-state index is 0.173. The molecule has 0 saturated carbocycles. The maximum Gasteiger partial charge on any atom is 0.416 e. The third kappa shape index (κ3) is 4.48. The van der Waals surface area contributed by atoms with Crippen molar-refractivity contribution in [2.45, 2.75) is 6.18 Å². The SMILES string of the molecule is N#CC(=Cc1ccc(-c2cccc(C(F)(F)F)c2)o1)C(=O)Nc1ccccc1. The molecule has 1 heterocycles. The second-order valence-electron chi connectivity index (χ2n) is 5.77. The summed E-state index contributed by atoms with van der Waals surface area (Å²) in [5.41, 5.74) is -0.230. The van der Waals surface area contributed by atoms with Gasteiger partial charge < -0.3 is 9.73 Å². The zero-order valence-corrected chi connectivity index (χ0v) is 14.3. The number of hydrogen-bond donors (Lipinski definition) is 1. The lowest BCUT2D eigenvalue weighted by Gasteiger charge is -2.07. The highest BCUT2D eigenvalue weighted by molar-refractivity contribution is 6.09. The van der Waals surface area contributed by atoms with Crippen molar-refractivity contribution < 1.29 is 22.4 Å². The summed E-state index contributed by atoms with van der Waals surface area (Å²) < 4.78 is 44.1. The lowest BCUT2D eigenvalue weighted by Crippen LogP contribution is -2.13. The van der Waals surface area contributed by atoms with Crippen molar-refractivity contribution in [2.75, 3.05) is 5.32 Å². The molecule has 28 heavy (non-hydrogen) atoms. The number of carbonyl (C=O) groups excluding carboxylic acids is 1. The second-order valence-corrected chi connectivity index (χ2v) is 5.77. The Morgan fingerprint density at radius 1 is 1.04 bits per heavy atom. The van der Waals surface area contributed by atoms with E-state index in [1.807, 2.05) is 0 Å². The monoisotopic (exact) mass is 382 g/mol. The molecule has 0 aliphatic rings. The van der Waals surface area contributed by atoms with E-state index in [-0.39, 0.29) is 22.7 Å². The van der Waals surface area contributed by atoms with Gasteiger partial charge in [0.05, 0.1) is 5.56 Å². The van der Waals surface area contributed by atoms with Gasteiger partial charge in [-0.25, -0.2) is 0 Å². The van der Waals surface area contributed by atoms with Crippen molar-refractivity contribution in [3.8, 4) is 17.4 Å². The topological polar surface area (TPSA) is 66.0 Å². The van der Waals surface area contributed by atoms with Crippen LogP contribution in [-0.2, 0) is 11.0 Å². The van der Waals surface area contributed by atoms with E-state index in [0.29, 0.717) is 5.69 Å². The Kier molecular flexibility index (Phi) is 5.32. The van der Waals surface area contributed by atoms with E-state index in [4.69, 9.17) is 4.42 Å². The van der Waals surface area contributed by atoms with Gasteiger partial charge in [0.15, 0.2) is 0 Å². The Labute approximate surface area is 158 Å². The number of furan rings is 1. The minimum Gasteiger partial charge on any atom is -0.457 e. The average molecular weight is 382 g/mol. The van der Waals surface area contributed by atoms with Crippen LogP contribution in [0.25, 0.3) is 17.4 Å². The molecule has 0 aliphatic heterocycles. The molecular formula is C21H13F3N2O2. The van der Waals surface area contributed by atoms with Crippen LogP contribution in [0.1, 0.15) is 11.3 Å². The molecule has 1 amide bonds. The van der Waals surface area contributed by atoms with E-state index < -0.39 is 17.6 Å². The highest BCUT2D eigenvalue weighted by Crippen LogP contribution is 2.32. The van der Waals surface area contributed by atoms with Gasteiger partial charge in [-0.1, -0.05) is 30.3 Å². The van der Waals surface area contributed by atoms with E-state index in [9.17, 15) is 23.2 Å². The summed E-state index contributed by atoms with van der Waals surface area (Å²) in [6, 6.07) is 18.0. The molecule has 0 fully saturated rings. The first kappa shape index (κ1) is 19.0. The number of rotatable bonds is 4. The molecule has 3 rings (SSSR count). The second kappa shape index (κ2) is 7.84. The molecular weight excluding hydrogens is 369 g/mol. The maximum atomic E-state index is 12.9. The standard InChI is InChI=1S/C21H13F3N2O2/c22-21(23,24)16-6-4-5-14(11-16)19-10-9-18(28-19)12-15(13-25)20(27)26-17-7-2-1-3-8-17/h1-12H,(H,26,27). The predicted molar refractivity (Wildman–Crippen MR) is 97.8 cm³/mol. The van der Waals surface area contributed by atoms with Crippen molar-refractivity contribution in [1.82, 2.24) is 0 Å². The Hall–Kier alpha value is -3.79. The summed E-state index contributed by atoms with van der Waals surface area (Å²) in [6.07, 6.45) is -3.23. The Morgan fingerprint density at radius 2 is 1.79 bits per heavy atom. The van der Waals surface area contributed by atoms with Crippen LogP contribution in [0, 0.1) is 11.3 Å². The number of nitrogens with one attached hydrogen (secondary N) is 1. The minimum atomic E-state index is -4.46. The van der Waals surface area contributed by atoms with Gasteiger partial charge in [0.1, 0.15) is 23.2 Å². The zero-order valence-electron chi connectivity index (χ0n) is 14.3. The first-order valence-corrected chi connectivity index (χ1v) is 8.12. The number of alkyl halides is 3. The molecule has 7 heteroatoms. The quantitative estimate of drug-likeness (QED) is 0.478. The molecule has 0 saturated heterocycles. The molecule has 2 aromatic carbocycles. The molecule has 0 unspecified atom stereocenters. The van der Waals surface area contributed by atoms with Crippen LogP contribution < -0.4 is 5.32 Å². The number of halogens is 3. The van der Waals surface area contributed by atoms with Crippen LogP contribution >= 0.6 is 0 Å². The van der Waals surface area contributed by atoms with Gasteiger partial charge in [0.2, 0.25) is 0 Å². The zero-order chi connectivity index (χ0) is 20.1. The summed E-state index contributed by atoms with van der Waals surface area (Å²) >= 11 is 0. The maximum absolute atomic E-state index is 12.9. The Balaban J connectivity index is 1.83. The molecule has 140 valence electrons. The summed E-state index contributed by atoms with van der Waals surface area (Å²) in [6.45, 7) is 0. The normalized spacial score (nSPS) is 11.7. The number of nitriles is 1. The van der Waals surface area contributed by atoms with E-state index in [0.717, 1.165) is 12.1 Å². The smallest absolute Gasteiger partial charge is 0.416 e. The van der Waals surface area contributed by atoms with E-state index in [1.165, 1.54) is 30.3 Å². The fourth-order valence-electron chi connectivity index (χ4n) is 2.45. The lowest BCUT2D eigenvalue weighted by atomic mass is 10.1. The molecule has 0 aliphatic carbocycles. The molecule has 0 spiro atoms. The van der Waals surface area contributed by atoms with Crippen LogP contribution in [0.15, 0.2) is 76.7 Å². The summed E-state index contributed by atoms with van der Waals surface area (Å²) in [4.78, 5) is 12.2. The van der Waals surface area contributed by atoms with Crippen LogP contribution in [0.4, 0.5) is 18.9 Å². The molecule has 1 aromatic heterocycles. The number of nitrogens with zero attached hydrogens (tertiary/aromatic N) is 1. The fraction of sp³-hybridized carbons (Fsp3) is 0.0476. The van der Waals surface area contributed by atoms with Gasteiger partial charge in [-0.15, -0.1) is 0 Å². The molecule has 3 aromatic rings. The van der Waals surface area contributed by atoms with Gasteiger partial charge in [-0.3, -0.25) is 4.79 Å². The van der Waals surface area contributed by atoms with Crippen molar-refractivity contribution in [3.63, 3.8) is 0 Å². The van der Waals surface area contributed by atoms with Crippen LogP contribution in [0.5, 0.6) is 0 Å². The summed E-state index contributed by atoms with van der Waals surface area (Å²) in [7, 11) is 0. The number of benzene rings is 2. The van der Waals surface area contributed by atoms with Crippen LogP contribution in [0.3, 0.4) is 0 Å². The summed E-state index contributed by atoms with van der Waals surface area (Å²) in [5.74, 6) is -0.254. The van der Waals surface area contributed by atoms with Crippen LogP contribution in [0.2, 0.25) is 0 Å². The molecule has 4 nitrogen and oxygen atoms in total. The van der Waals surface area contributed by atoms with Crippen molar-refractivity contribution in [1.29, 1.82) is 5.26 Å². The third-order valence-electron chi connectivity index (χ3n) is 3.78. The summed E-state index contributed by atoms with van der Waals surface area (Å²) in [5, 5.41) is 11.8. The number of anilines is 1. The van der Waals surface area contributed by atoms with Gasteiger partial charge in [0.25, 0.3) is 5.91 Å². The van der Waals surface area contributed by atoms with Crippen molar-refractivity contribution >= 4 is 17.7 Å². The number of amides is 1. The predicted octanol–water partition coefficient (Wildman–Crippen LogP) is 5.51. The molecule has 0 bridgehead atoms. The highest BCUT2D eigenvalue weighted by atomic mass is 19.4. The molecule has 1 N–H and O–H groups in total. The fourth-order valence-corrected chi connectivity index (χ4v) is 2.45. The van der Waals surface area contributed by atoms with E-state index in [1.54, 1.807) is 36.4 Å². The van der Waals surface area contributed by atoms with Gasteiger partial charge in [-0.05, 0) is 36.4 Å². The number of carbonyl (C=O) groups is 1. The van der Waals surface area contributed by atoms with Crippen LogP contribution in [-0.4, -0.2) is 5.91 Å². The largest absolute Gasteiger partial charge is 0.457 e. The number of hydrogen-bond acceptors (Lipinski definition) is 3. The van der Waals surface area contributed by atoms with Gasteiger partial charge in [-0.2, -0.15) is 18.4 Å². The highest BCUT2D eigenvalue weighted by Gasteiger charge is 2.30. The third-order valence-corrected chi connectivity index (χ3v) is 3.78. The van der Waals surface area contributed by atoms with Crippen molar-refractivity contribution in [3.05, 3.63) is 83.6 Å². The van der Waals surface area contributed by atoms with Crippen molar-refractivity contribution in [2.24, 2.45) is 0 Å². The number of para-hydroxylation sites is 1. The van der Waals surface area contributed by atoms with E-state index in [2.05, 4.69) is 5.32 Å². The Bertz CT molecular complexity index is 1060. The molecule has 0 radical (unpaired) electrons. The first-order chi connectivity index (χ1) is 13.4. The average Bonchev–Trinajstić information content (AvgIpc) is 3.15. The lowest BCUT2D eigenvalue weighted by molar-refractivity contribution is -0.137. The van der Waals surface area contributed by atoms with Gasteiger partial charge >= 0.3 is 6.18 Å². The molecule has 0 atom stereocenters.